The Kier molecular flexibility index (Phi) is 7.00. The molecule has 10 heteroatoms. The maximum atomic E-state index is 13.1. The third kappa shape index (κ3) is 5.26. The molecule has 1 fully saturated rings. The van der Waals surface area contributed by atoms with Crippen LogP contribution in [-0.4, -0.2) is 46.2 Å². The van der Waals surface area contributed by atoms with Crippen molar-refractivity contribution in [2.75, 3.05) is 11.9 Å². The monoisotopic (exact) mass is 477 g/mol. The van der Waals surface area contributed by atoms with Gasteiger partial charge in [0, 0.05) is 24.2 Å². The van der Waals surface area contributed by atoms with Crippen molar-refractivity contribution in [2.24, 2.45) is 11.8 Å². The van der Waals surface area contributed by atoms with Gasteiger partial charge in [0.05, 0.1) is 16.8 Å². The van der Waals surface area contributed by atoms with Crippen LogP contribution in [0.4, 0.5) is 11.4 Å². The predicted molar refractivity (Wildman–Crippen MR) is 124 cm³/mol. The molecule has 10 nitrogen and oxygen atoms in total. The van der Waals surface area contributed by atoms with Gasteiger partial charge in [-0.1, -0.05) is 48.6 Å². The number of fused-ring (bicyclic) bond motifs is 1. The molecule has 1 aliphatic carbocycles. The molecule has 1 saturated heterocycles. The molecule has 1 heterocycles. The Hall–Kier alpha value is -4.34. The molecule has 2 aliphatic rings. The maximum Gasteiger partial charge on any atom is 0.330 e. The second-order valence-corrected chi connectivity index (χ2v) is 8.37. The van der Waals surface area contributed by atoms with Gasteiger partial charge >= 0.3 is 5.97 Å². The minimum absolute atomic E-state index is 0.0521. The number of carbonyl (C=O) groups excluding carboxylic acids is 4. The quantitative estimate of drug-likeness (QED) is 0.203. The van der Waals surface area contributed by atoms with Gasteiger partial charge in [-0.3, -0.25) is 29.4 Å². The average molecular weight is 477 g/mol. The molecule has 2 aromatic carbocycles. The lowest BCUT2D eigenvalue weighted by Gasteiger charge is -2.25. The summed E-state index contributed by atoms with van der Waals surface area (Å²) < 4.78 is 5.20. The largest absolute Gasteiger partial charge is 0.454 e. The number of esters is 1. The van der Waals surface area contributed by atoms with Crippen LogP contribution in [0.15, 0.2) is 66.7 Å². The third-order valence-electron chi connectivity index (χ3n) is 6.08. The second kappa shape index (κ2) is 10.3. The Morgan fingerprint density at radius 3 is 2.31 bits per heavy atom. The lowest BCUT2D eigenvalue weighted by molar-refractivity contribution is -0.384. The molecular weight excluding hydrogens is 454 g/mol. The van der Waals surface area contributed by atoms with E-state index in [1.54, 1.807) is 24.3 Å². The fraction of sp³-hybridized carbons (Fsp3) is 0.280. The third-order valence-corrected chi connectivity index (χ3v) is 6.08. The van der Waals surface area contributed by atoms with Gasteiger partial charge < -0.3 is 10.1 Å². The predicted octanol–water partition coefficient (Wildman–Crippen LogP) is 2.64. The van der Waals surface area contributed by atoms with E-state index in [4.69, 9.17) is 4.74 Å². The number of non-ortho nitro benzene ring substituents is 1. The molecular formula is C25H23N3O7. The first kappa shape index (κ1) is 23.8. The van der Waals surface area contributed by atoms with Crippen molar-refractivity contribution in [3.05, 3.63) is 82.4 Å². The van der Waals surface area contributed by atoms with E-state index in [0.29, 0.717) is 12.8 Å². The molecule has 3 atom stereocenters. The SMILES string of the molecule is O=C(COC(=O)[C@H](Cc1ccccc1)N1C(=O)[C@H]2CC=CC[C@H]2C1=O)Nc1cccc([N+](=O)[O-])c1. The van der Waals surface area contributed by atoms with Gasteiger partial charge in [0.1, 0.15) is 6.04 Å². The Morgan fingerprint density at radius 2 is 1.69 bits per heavy atom. The zero-order valence-electron chi connectivity index (χ0n) is 18.7. The Balaban J connectivity index is 1.47. The molecule has 4 rings (SSSR count). The van der Waals surface area contributed by atoms with E-state index in [0.717, 1.165) is 10.5 Å². The van der Waals surface area contributed by atoms with Crippen molar-refractivity contribution in [1.82, 2.24) is 4.90 Å². The number of hydrogen-bond acceptors (Lipinski definition) is 7. The van der Waals surface area contributed by atoms with Crippen LogP contribution < -0.4 is 5.32 Å². The molecule has 3 amide bonds. The summed E-state index contributed by atoms with van der Waals surface area (Å²) in [4.78, 5) is 62.9. The lowest BCUT2D eigenvalue weighted by atomic mass is 9.85. The van der Waals surface area contributed by atoms with Crippen LogP contribution in [0.2, 0.25) is 0 Å². The van der Waals surface area contributed by atoms with Crippen LogP contribution in [0.25, 0.3) is 0 Å². The van der Waals surface area contributed by atoms with Crippen molar-refractivity contribution >= 4 is 35.1 Å². The van der Waals surface area contributed by atoms with Gasteiger partial charge in [-0.15, -0.1) is 0 Å². The first-order chi connectivity index (χ1) is 16.8. The fourth-order valence-corrected chi connectivity index (χ4v) is 4.38. The van der Waals surface area contributed by atoms with E-state index < -0.39 is 53.1 Å². The minimum atomic E-state index is -1.21. The van der Waals surface area contributed by atoms with Gasteiger partial charge in [-0.05, 0) is 24.5 Å². The Morgan fingerprint density at radius 1 is 1.03 bits per heavy atom. The van der Waals surface area contributed by atoms with Gasteiger partial charge in [0.15, 0.2) is 6.61 Å². The second-order valence-electron chi connectivity index (χ2n) is 8.37. The van der Waals surface area contributed by atoms with Crippen LogP contribution in [0, 0.1) is 22.0 Å². The van der Waals surface area contributed by atoms with E-state index in [-0.39, 0.29) is 17.8 Å². The molecule has 2 aromatic rings. The highest BCUT2D eigenvalue weighted by atomic mass is 16.6. The molecule has 0 saturated carbocycles. The minimum Gasteiger partial charge on any atom is -0.454 e. The number of anilines is 1. The molecule has 0 bridgehead atoms. The van der Waals surface area contributed by atoms with Crippen molar-refractivity contribution in [1.29, 1.82) is 0 Å². The highest BCUT2D eigenvalue weighted by Gasteiger charge is 2.51. The summed E-state index contributed by atoms with van der Waals surface area (Å²) in [5, 5.41) is 13.3. The highest BCUT2D eigenvalue weighted by molar-refractivity contribution is 6.08. The number of nitrogens with zero attached hydrogens (tertiary/aromatic N) is 2. The van der Waals surface area contributed by atoms with Gasteiger partial charge in [-0.2, -0.15) is 0 Å². The normalized spacial score (nSPS) is 19.7. The zero-order chi connectivity index (χ0) is 24.9. The number of benzene rings is 2. The van der Waals surface area contributed by atoms with E-state index in [2.05, 4.69) is 5.32 Å². The van der Waals surface area contributed by atoms with E-state index in [1.807, 2.05) is 18.2 Å². The lowest BCUT2D eigenvalue weighted by Crippen LogP contribution is -2.48. The van der Waals surface area contributed by atoms with Crippen LogP contribution in [-0.2, 0) is 30.3 Å². The number of nitro groups is 1. The van der Waals surface area contributed by atoms with Gasteiger partial charge in [-0.25, -0.2) is 4.79 Å². The number of imide groups is 1. The van der Waals surface area contributed by atoms with Gasteiger partial charge in [0.2, 0.25) is 11.8 Å². The maximum absolute atomic E-state index is 13.1. The Labute approximate surface area is 200 Å². The average Bonchev–Trinajstić information content (AvgIpc) is 3.11. The summed E-state index contributed by atoms with van der Waals surface area (Å²) in [6.07, 6.45) is 4.64. The fourth-order valence-electron chi connectivity index (χ4n) is 4.38. The molecule has 1 aliphatic heterocycles. The van der Waals surface area contributed by atoms with Crippen molar-refractivity contribution < 1.29 is 28.8 Å². The summed E-state index contributed by atoms with van der Waals surface area (Å²) in [7, 11) is 0. The number of nitrogens with one attached hydrogen (secondary N) is 1. The summed E-state index contributed by atoms with van der Waals surface area (Å²) in [5.74, 6) is -3.43. The van der Waals surface area contributed by atoms with Crippen molar-refractivity contribution in [3.8, 4) is 0 Å². The van der Waals surface area contributed by atoms with Crippen molar-refractivity contribution in [2.45, 2.75) is 25.3 Å². The van der Waals surface area contributed by atoms with Crippen molar-refractivity contribution in [3.63, 3.8) is 0 Å². The first-order valence-electron chi connectivity index (χ1n) is 11.1. The topological polar surface area (TPSA) is 136 Å². The number of likely N-dealkylation sites (tertiary alicyclic amines) is 1. The van der Waals surface area contributed by atoms with Crippen LogP contribution in [0.5, 0.6) is 0 Å². The molecule has 0 spiro atoms. The number of nitro benzene ring substituents is 1. The summed E-state index contributed by atoms with van der Waals surface area (Å²) in [6, 6.07) is 13.0. The van der Waals surface area contributed by atoms with E-state index in [1.165, 1.54) is 24.3 Å². The summed E-state index contributed by atoms with van der Waals surface area (Å²) in [6.45, 7) is -0.683. The van der Waals surface area contributed by atoms with Gasteiger partial charge in [0.25, 0.3) is 11.6 Å². The summed E-state index contributed by atoms with van der Waals surface area (Å²) in [5.41, 5.74) is 0.691. The molecule has 0 radical (unpaired) electrons. The zero-order valence-corrected chi connectivity index (χ0v) is 18.7. The number of rotatable bonds is 8. The van der Waals surface area contributed by atoms with Crippen LogP contribution in [0.1, 0.15) is 18.4 Å². The Bertz CT molecular complexity index is 1170. The van der Waals surface area contributed by atoms with Crippen LogP contribution >= 0.6 is 0 Å². The van der Waals surface area contributed by atoms with E-state index in [9.17, 15) is 29.3 Å². The number of ether oxygens (including phenoxy) is 1. The molecule has 0 unspecified atom stereocenters. The smallest absolute Gasteiger partial charge is 0.330 e. The number of allylic oxidation sites excluding steroid dienone is 2. The molecule has 0 aromatic heterocycles. The number of hydrogen-bond donors (Lipinski definition) is 1. The van der Waals surface area contributed by atoms with Crippen LogP contribution in [0.3, 0.4) is 0 Å². The first-order valence-corrected chi connectivity index (χ1v) is 11.1. The molecule has 180 valence electrons. The molecule has 1 N–H and O–H groups in total. The summed E-state index contributed by atoms with van der Waals surface area (Å²) >= 11 is 0. The molecule has 35 heavy (non-hydrogen) atoms. The highest BCUT2D eigenvalue weighted by Crippen LogP contribution is 2.36. The number of amides is 3. The standard InChI is InChI=1S/C25H23N3O7/c29-22(26-17-9-6-10-18(14-17)28(33)34)15-35-25(32)21(13-16-7-2-1-3-8-16)27-23(30)19-11-4-5-12-20(19)24(27)31/h1-10,14,19-21H,11-13,15H2,(H,26,29)/t19-,20+,21-/m0/s1. The van der Waals surface area contributed by atoms with E-state index >= 15 is 0 Å². The number of carbonyl (C=O) groups is 4.